The molecule has 0 aliphatic carbocycles. The van der Waals surface area contributed by atoms with Crippen molar-refractivity contribution in [2.75, 3.05) is 23.0 Å². The second-order valence-electron chi connectivity index (χ2n) is 5.94. The lowest BCUT2D eigenvalue weighted by Crippen LogP contribution is -2.36. The molecule has 0 saturated carbocycles. The van der Waals surface area contributed by atoms with Crippen molar-refractivity contribution in [1.82, 2.24) is 4.98 Å². The number of amides is 1. The molecule has 1 amide bonds. The van der Waals surface area contributed by atoms with Gasteiger partial charge in [0, 0.05) is 22.6 Å². The van der Waals surface area contributed by atoms with Gasteiger partial charge in [0.1, 0.15) is 0 Å². The molecule has 0 unspecified atom stereocenters. The highest BCUT2D eigenvalue weighted by atomic mass is 32.2. The molecule has 0 fully saturated rings. The first-order valence-corrected chi connectivity index (χ1v) is 10.2. The van der Waals surface area contributed by atoms with Gasteiger partial charge in [-0.25, -0.2) is 4.98 Å². The number of aryl methyl sites for hydroxylation is 1. The van der Waals surface area contributed by atoms with Crippen LogP contribution >= 0.6 is 23.5 Å². The number of hydrogen-bond donors (Lipinski definition) is 0. The number of fused-ring (bicyclic) bond motifs is 2. The van der Waals surface area contributed by atoms with Crippen LogP contribution in [0.5, 0.6) is 0 Å². The molecule has 0 atom stereocenters. The van der Waals surface area contributed by atoms with Gasteiger partial charge in [0.25, 0.3) is 0 Å². The zero-order chi connectivity index (χ0) is 17.2. The standard InChI is InChI=1S/C20H18N2OS2/c1-14-12-19(21-16-7-3-2-6-15(14)16)25-13-20(23)22-10-11-24-18-9-5-4-8-17(18)22/h2-9,12H,10-11,13H2,1H3. The Morgan fingerprint density at radius 3 is 2.92 bits per heavy atom. The fourth-order valence-electron chi connectivity index (χ4n) is 3.03. The molecule has 2 heterocycles. The number of aromatic nitrogens is 1. The molecule has 0 bridgehead atoms. The monoisotopic (exact) mass is 366 g/mol. The molecular formula is C20H18N2OS2. The maximum absolute atomic E-state index is 12.8. The molecule has 2 aromatic carbocycles. The summed E-state index contributed by atoms with van der Waals surface area (Å²) >= 11 is 3.33. The lowest BCUT2D eigenvalue weighted by molar-refractivity contribution is -0.116. The number of carbonyl (C=O) groups is 1. The summed E-state index contributed by atoms with van der Waals surface area (Å²) < 4.78 is 0. The third kappa shape index (κ3) is 3.39. The molecule has 0 radical (unpaired) electrons. The minimum atomic E-state index is 0.144. The van der Waals surface area contributed by atoms with E-state index < -0.39 is 0 Å². The first kappa shape index (κ1) is 16.5. The summed E-state index contributed by atoms with van der Waals surface area (Å²) in [4.78, 5) is 20.5. The van der Waals surface area contributed by atoms with Gasteiger partial charge in [0.15, 0.2) is 0 Å². The number of pyridine rings is 1. The Kier molecular flexibility index (Phi) is 4.68. The Morgan fingerprint density at radius 1 is 1.20 bits per heavy atom. The summed E-state index contributed by atoms with van der Waals surface area (Å²) in [6.07, 6.45) is 0. The summed E-state index contributed by atoms with van der Waals surface area (Å²) in [5.41, 5.74) is 3.21. The minimum absolute atomic E-state index is 0.144. The number of para-hydroxylation sites is 2. The van der Waals surface area contributed by atoms with Crippen LogP contribution in [0.3, 0.4) is 0 Å². The summed E-state index contributed by atoms with van der Waals surface area (Å²) in [5, 5.41) is 2.07. The lowest BCUT2D eigenvalue weighted by Gasteiger charge is -2.28. The van der Waals surface area contributed by atoms with E-state index in [4.69, 9.17) is 0 Å². The quantitative estimate of drug-likeness (QED) is 0.625. The highest BCUT2D eigenvalue weighted by Gasteiger charge is 2.22. The smallest absolute Gasteiger partial charge is 0.237 e. The van der Waals surface area contributed by atoms with Gasteiger partial charge in [-0.05, 0) is 36.8 Å². The molecule has 0 N–H and O–H groups in total. The van der Waals surface area contributed by atoms with E-state index in [2.05, 4.69) is 30.1 Å². The van der Waals surface area contributed by atoms with Gasteiger partial charge in [-0.3, -0.25) is 4.79 Å². The molecule has 3 nitrogen and oxygen atoms in total. The van der Waals surface area contributed by atoms with Gasteiger partial charge in [0.05, 0.1) is 22.0 Å². The highest BCUT2D eigenvalue weighted by molar-refractivity contribution is 8.00. The molecule has 0 spiro atoms. The van der Waals surface area contributed by atoms with Crippen LogP contribution in [-0.4, -0.2) is 28.9 Å². The van der Waals surface area contributed by atoms with Gasteiger partial charge in [-0.2, -0.15) is 0 Å². The molecule has 25 heavy (non-hydrogen) atoms. The van der Waals surface area contributed by atoms with Gasteiger partial charge in [-0.15, -0.1) is 11.8 Å². The average molecular weight is 367 g/mol. The van der Waals surface area contributed by atoms with E-state index in [0.717, 1.165) is 28.5 Å². The number of anilines is 1. The molecule has 4 rings (SSSR count). The van der Waals surface area contributed by atoms with Gasteiger partial charge < -0.3 is 4.90 Å². The normalized spacial score (nSPS) is 13.7. The van der Waals surface area contributed by atoms with Crippen molar-refractivity contribution in [2.24, 2.45) is 0 Å². The minimum Gasteiger partial charge on any atom is -0.310 e. The number of carbonyl (C=O) groups excluding carboxylic acids is 1. The van der Waals surface area contributed by atoms with Crippen LogP contribution < -0.4 is 4.90 Å². The zero-order valence-corrected chi connectivity index (χ0v) is 15.6. The topological polar surface area (TPSA) is 33.2 Å². The van der Waals surface area contributed by atoms with Crippen molar-refractivity contribution < 1.29 is 4.79 Å². The van der Waals surface area contributed by atoms with E-state index in [-0.39, 0.29) is 5.91 Å². The number of nitrogens with zero attached hydrogens (tertiary/aromatic N) is 2. The molecule has 1 aromatic heterocycles. The third-order valence-corrected chi connectivity index (χ3v) is 6.21. The van der Waals surface area contributed by atoms with Crippen LogP contribution in [0.15, 0.2) is 64.5 Å². The molecule has 0 saturated heterocycles. The summed E-state index contributed by atoms with van der Waals surface area (Å²) in [6.45, 7) is 2.86. The maximum Gasteiger partial charge on any atom is 0.237 e. The SMILES string of the molecule is Cc1cc(SCC(=O)N2CCSc3ccccc32)nc2ccccc12. The Morgan fingerprint density at radius 2 is 2.00 bits per heavy atom. The van der Waals surface area contributed by atoms with Crippen LogP contribution in [0.25, 0.3) is 10.9 Å². The van der Waals surface area contributed by atoms with Crippen LogP contribution in [0.4, 0.5) is 5.69 Å². The predicted molar refractivity (Wildman–Crippen MR) is 107 cm³/mol. The third-order valence-electron chi connectivity index (χ3n) is 4.27. The van der Waals surface area contributed by atoms with Crippen LogP contribution in [0, 0.1) is 6.92 Å². The second-order valence-corrected chi connectivity index (χ2v) is 8.08. The zero-order valence-electron chi connectivity index (χ0n) is 13.9. The van der Waals surface area contributed by atoms with Crippen molar-refractivity contribution in [3.63, 3.8) is 0 Å². The first-order valence-electron chi connectivity index (χ1n) is 8.24. The molecule has 3 aromatic rings. The Balaban J connectivity index is 1.51. The fourth-order valence-corrected chi connectivity index (χ4v) is 4.88. The van der Waals surface area contributed by atoms with E-state index in [1.54, 1.807) is 0 Å². The molecule has 5 heteroatoms. The van der Waals surface area contributed by atoms with Crippen LogP contribution in [-0.2, 0) is 4.79 Å². The number of rotatable bonds is 3. The maximum atomic E-state index is 12.8. The number of benzene rings is 2. The van der Waals surface area contributed by atoms with Crippen LogP contribution in [0.2, 0.25) is 0 Å². The van der Waals surface area contributed by atoms with Gasteiger partial charge >= 0.3 is 0 Å². The van der Waals surface area contributed by atoms with Crippen molar-refractivity contribution in [3.05, 3.63) is 60.2 Å². The predicted octanol–water partition coefficient (Wildman–Crippen LogP) is 4.77. The Labute approximate surface area is 155 Å². The fraction of sp³-hybridized carbons (Fsp3) is 0.200. The number of thioether (sulfide) groups is 2. The summed E-state index contributed by atoms with van der Waals surface area (Å²) in [7, 11) is 0. The Bertz CT molecular complexity index is 942. The van der Waals surface area contributed by atoms with Crippen molar-refractivity contribution >= 4 is 46.0 Å². The Hall–Kier alpha value is -1.98. The molecular weight excluding hydrogens is 348 g/mol. The van der Waals surface area contributed by atoms with E-state index in [1.807, 2.05) is 53.1 Å². The average Bonchev–Trinajstić information content (AvgIpc) is 2.66. The second kappa shape index (κ2) is 7.10. The van der Waals surface area contributed by atoms with Gasteiger partial charge in [0.2, 0.25) is 5.91 Å². The largest absolute Gasteiger partial charge is 0.310 e. The van der Waals surface area contributed by atoms with E-state index in [0.29, 0.717) is 5.75 Å². The molecule has 1 aliphatic rings. The highest BCUT2D eigenvalue weighted by Crippen LogP contribution is 2.35. The van der Waals surface area contributed by atoms with E-state index in [9.17, 15) is 4.79 Å². The van der Waals surface area contributed by atoms with Crippen molar-refractivity contribution in [3.8, 4) is 0 Å². The van der Waals surface area contributed by atoms with E-state index in [1.165, 1.54) is 27.6 Å². The van der Waals surface area contributed by atoms with Gasteiger partial charge in [-0.1, -0.05) is 42.1 Å². The summed E-state index contributed by atoms with van der Waals surface area (Å²) in [5.74, 6) is 1.50. The molecule has 1 aliphatic heterocycles. The summed E-state index contributed by atoms with van der Waals surface area (Å²) in [6, 6.07) is 18.3. The van der Waals surface area contributed by atoms with E-state index >= 15 is 0 Å². The number of hydrogen-bond acceptors (Lipinski definition) is 4. The van der Waals surface area contributed by atoms with Crippen LogP contribution in [0.1, 0.15) is 5.56 Å². The lowest BCUT2D eigenvalue weighted by atomic mass is 10.1. The van der Waals surface area contributed by atoms with Crippen molar-refractivity contribution in [1.29, 1.82) is 0 Å². The molecule has 126 valence electrons. The van der Waals surface area contributed by atoms with Crippen molar-refractivity contribution in [2.45, 2.75) is 16.8 Å². The first-order chi connectivity index (χ1) is 12.2.